The van der Waals surface area contributed by atoms with E-state index in [0.717, 1.165) is 31.0 Å². The molecule has 0 atom stereocenters. The highest BCUT2D eigenvalue weighted by molar-refractivity contribution is 6.04. The lowest BCUT2D eigenvalue weighted by atomic mass is 10.0. The molecule has 1 saturated carbocycles. The van der Waals surface area contributed by atoms with Gasteiger partial charge in [-0.05, 0) is 50.5 Å². The van der Waals surface area contributed by atoms with Crippen molar-refractivity contribution in [3.63, 3.8) is 0 Å². The van der Waals surface area contributed by atoms with E-state index < -0.39 is 23.7 Å². The number of nitrogens with zero attached hydrogens (tertiary/aromatic N) is 1. The highest BCUT2D eigenvalue weighted by atomic mass is 19.4. The number of halogens is 3. The average molecular weight is 353 g/mol. The molecule has 132 valence electrons. The summed E-state index contributed by atoms with van der Waals surface area (Å²) >= 11 is 0. The van der Waals surface area contributed by atoms with Gasteiger partial charge >= 0.3 is 18.1 Å². The van der Waals surface area contributed by atoms with Crippen molar-refractivity contribution < 1.29 is 32.0 Å². The molecular formula is C17H14F3NO4. The minimum atomic E-state index is -4.51. The number of aryl methyl sites for hydroxylation is 2. The van der Waals surface area contributed by atoms with E-state index >= 15 is 0 Å². The normalized spacial score (nSPS) is 14.4. The Morgan fingerprint density at radius 2 is 1.88 bits per heavy atom. The van der Waals surface area contributed by atoms with Gasteiger partial charge < -0.3 is 9.26 Å². The highest BCUT2D eigenvalue weighted by Gasteiger charge is 2.36. The predicted molar refractivity (Wildman–Crippen MR) is 79.1 cm³/mol. The van der Waals surface area contributed by atoms with E-state index in [0.29, 0.717) is 11.5 Å². The van der Waals surface area contributed by atoms with Gasteiger partial charge in [-0.15, -0.1) is 0 Å². The molecule has 25 heavy (non-hydrogen) atoms. The molecule has 0 amide bonds. The van der Waals surface area contributed by atoms with Crippen molar-refractivity contribution in [1.29, 1.82) is 0 Å². The second-order valence-corrected chi connectivity index (χ2v) is 5.99. The van der Waals surface area contributed by atoms with E-state index in [-0.39, 0.29) is 22.6 Å². The standard InChI is InChI=1S/C17H14F3NO4/c1-8-7-11(17(18,19)20)5-6-12(8)15(22)24-16(23)13-9(2)21-25-14(13)10-3-4-10/h5-7,10H,3-4H2,1-2H3. The van der Waals surface area contributed by atoms with Crippen LogP contribution >= 0.6 is 0 Å². The fourth-order valence-corrected chi connectivity index (χ4v) is 2.52. The number of rotatable bonds is 3. The Morgan fingerprint density at radius 3 is 2.44 bits per heavy atom. The topological polar surface area (TPSA) is 69.4 Å². The van der Waals surface area contributed by atoms with Crippen LogP contribution in [0.15, 0.2) is 22.7 Å². The van der Waals surface area contributed by atoms with Gasteiger partial charge in [0.05, 0.1) is 16.8 Å². The first-order valence-electron chi connectivity index (χ1n) is 7.59. The van der Waals surface area contributed by atoms with Crippen molar-refractivity contribution in [3.05, 3.63) is 51.9 Å². The molecule has 1 fully saturated rings. The Kier molecular flexibility index (Phi) is 4.14. The molecule has 1 aromatic heterocycles. The van der Waals surface area contributed by atoms with Crippen LogP contribution in [0.2, 0.25) is 0 Å². The van der Waals surface area contributed by atoms with Gasteiger partial charge in [-0.25, -0.2) is 9.59 Å². The van der Waals surface area contributed by atoms with Crippen molar-refractivity contribution >= 4 is 11.9 Å². The van der Waals surface area contributed by atoms with Crippen LogP contribution in [-0.4, -0.2) is 17.1 Å². The number of hydrogen-bond acceptors (Lipinski definition) is 5. The molecule has 1 aliphatic rings. The molecule has 0 bridgehead atoms. The monoisotopic (exact) mass is 353 g/mol. The summed E-state index contributed by atoms with van der Waals surface area (Å²) in [5.74, 6) is -1.45. The van der Waals surface area contributed by atoms with Gasteiger partial charge in [0.2, 0.25) is 0 Å². The minimum absolute atomic E-state index is 0.0667. The number of carbonyl (C=O) groups excluding carboxylic acids is 2. The molecule has 1 aliphatic carbocycles. The van der Waals surface area contributed by atoms with E-state index in [1.165, 1.54) is 6.92 Å². The fraction of sp³-hybridized carbons (Fsp3) is 0.353. The Balaban J connectivity index is 1.81. The molecule has 0 unspecified atom stereocenters. The molecule has 1 heterocycles. The van der Waals surface area contributed by atoms with E-state index in [1.807, 2.05) is 0 Å². The van der Waals surface area contributed by atoms with E-state index in [2.05, 4.69) is 5.16 Å². The Morgan fingerprint density at radius 1 is 1.20 bits per heavy atom. The molecule has 0 radical (unpaired) electrons. The summed E-state index contributed by atoms with van der Waals surface area (Å²) in [6.45, 7) is 2.90. The van der Waals surface area contributed by atoms with E-state index in [4.69, 9.17) is 9.26 Å². The van der Waals surface area contributed by atoms with Crippen LogP contribution < -0.4 is 0 Å². The van der Waals surface area contributed by atoms with Crippen LogP contribution in [-0.2, 0) is 10.9 Å². The zero-order valence-electron chi connectivity index (χ0n) is 13.4. The van der Waals surface area contributed by atoms with Gasteiger partial charge in [-0.2, -0.15) is 13.2 Å². The molecule has 0 spiro atoms. The van der Waals surface area contributed by atoms with Crippen molar-refractivity contribution in [3.8, 4) is 0 Å². The Labute approximate surface area is 140 Å². The van der Waals surface area contributed by atoms with Gasteiger partial charge in [0.15, 0.2) is 5.76 Å². The van der Waals surface area contributed by atoms with Crippen molar-refractivity contribution in [2.75, 3.05) is 0 Å². The third-order valence-electron chi connectivity index (χ3n) is 4.00. The van der Waals surface area contributed by atoms with Crippen molar-refractivity contribution in [1.82, 2.24) is 5.16 Å². The van der Waals surface area contributed by atoms with Gasteiger partial charge in [0, 0.05) is 5.92 Å². The number of aromatic nitrogens is 1. The van der Waals surface area contributed by atoms with E-state index in [9.17, 15) is 22.8 Å². The number of benzene rings is 1. The number of carbonyl (C=O) groups is 2. The molecule has 1 aromatic carbocycles. The summed E-state index contributed by atoms with van der Waals surface area (Å²) in [7, 11) is 0. The maximum absolute atomic E-state index is 12.7. The van der Waals surface area contributed by atoms with Gasteiger partial charge in [-0.3, -0.25) is 0 Å². The van der Waals surface area contributed by atoms with Crippen molar-refractivity contribution in [2.24, 2.45) is 0 Å². The van der Waals surface area contributed by atoms with Gasteiger partial charge in [0.1, 0.15) is 5.56 Å². The smallest absolute Gasteiger partial charge is 0.386 e. The number of alkyl halides is 3. The summed E-state index contributed by atoms with van der Waals surface area (Å²) in [6.07, 6.45) is -2.79. The van der Waals surface area contributed by atoms with Crippen molar-refractivity contribution in [2.45, 2.75) is 38.8 Å². The third kappa shape index (κ3) is 3.42. The van der Waals surface area contributed by atoms with Crippen LogP contribution in [0.5, 0.6) is 0 Å². The van der Waals surface area contributed by atoms with Crippen LogP contribution in [0.1, 0.15) is 62.1 Å². The number of hydrogen-bond donors (Lipinski definition) is 0. The minimum Gasteiger partial charge on any atom is -0.386 e. The van der Waals surface area contributed by atoms with E-state index in [1.54, 1.807) is 6.92 Å². The van der Waals surface area contributed by atoms with Crippen LogP contribution in [0, 0.1) is 13.8 Å². The summed E-state index contributed by atoms with van der Waals surface area (Å²) in [6, 6.07) is 2.60. The first kappa shape index (κ1) is 17.2. The zero-order valence-corrected chi connectivity index (χ0v) is 13.4. The molecule has 3 rings (SSSR count). The maximum atomic E-state index is 12.7. The second-order valence-electron chi connectivity index (χ2n) is 5.99. The quantitative estimate of drug-likeness (QED) is 0.611. The molecule has 5 nitrogen and oxygen atoms in total. The Bertz CT molecular complexity index is 850. The molecule has 8 heteroatoms. The maximum Gasteiger partial charge on any atom is 0.416 e. The largest absolute Gasteiger partial charge is 0.416 e. The molecular weight excluding hydrogens is 339 g/mol. The third-order valence-corrected chi connectivity index (χ3v) is 4.00. The highest BCUT2D eigenvalue weighted by Crippen LogP contribution is 2.42. The van der Waals surface area contributed by atoms with Gasteiger partial charge in [0.25, 0.3) is 0 Å². The second kappa shape index (κ2) is 6.02. The fourth-order valence-electron chi connectivity index (χ4n) is 2.52. The first-order chi connectivity index (χ1) is 11.7. The SMILES string of the molecule is Cc1cc(C(F)(F)F)ccc1C(=O)OC(=O)c1c(C)noc1C1CC1. The summed E-state index contributed by atoms with van der Waals surface area (Å²) in [5.41, 5.74) is -0.497. The van der Waals surface area contributed by atoms with Crippen LogP contribution in [0.4, 0.5) is 13.2 Å². The van der Waals surface area contributed by atoms with Crippen LogP contribution in [0.3, 0.4) is 0 Å². The molecule has 0 N–H and O–H groups in total. The Hall–Kier alpha value is -2.64. The summed E-state index contributed by atoms with van der Waals surface area (Å²) in [4.78, 5) is 24.4. The lowest BCUT2D eigenvalue weighted by molar-refractivity contribution is -0.137. The number of ether oxygens (including phenoxy) is 1. The number of esters is 2. The first-order valence-corrected chi connectivity index (χ1v) is 7.59. The molecule has 2 aromatic rings. The molecule has 0 aliphatic heterocycles. The summed E-state index contributed by atoms with van der Waals surface area (Å²) < 4.78 is 48.0. The zero-order chi connectivity index (χ0) is 18.4. The molecule has 0 saturated heterocycles. The predicted octanol–water partition coefficient (Wildman–Crippen LogP) is 4.18. The average Bonchev–Trinajstić information content (AvgIpc) is 3.28. The summed E-state index contributed by atoms with van der Waals surface area (Å²) in [5, 5.41) is 3.72. The lowest BCUT2D eigenvalue weighted by Crippen LogP contribution is -2.16. The van der Waals surface area contributed by atoms with Crippen LogP contribution in [0.25, 0.3) is 0 Å². The van der Waals surface area contributed by atoms with Gasteiger partial charge in [-0.1, -0.05) is 5.16 Å². The lowest BCUT2D eigenvalue weighted by Gasteiger charge is -2.10.